The number of fused-ring (bicyclic) bond motifs is 1. The summed E-state index contributed by atoms with van der Waals surface area (Å²) in [7, 11) is 5.83. The van der Waals surface area contributed by atoms with Gasteiger partial charge in [-0.15, -0.1) is 6.42 Å². The molecule has 0 aliphatic heterocycles. The molecule has 0 unspecified atom stereocenters. The van der Waals surface area contributed by atoms with Crippen molar-refractivity contribution in [2.45, 2.75) is 6.42 Å². The molecule has 3 aromatic rings. The van der Waals surface area contributed by atoms with Crippen LogP contribution in [0.5, 0.6) is 0 Å². The van der Waals surface area contributed by atoms with E-state index in [0.29, 0.717) is 18.8 Å². The summed E-state index contributed by atoms with van der Waals surface area (Å²) in [5.41, 5.74) is 3.38. The molecule has 29 heavy (non-hydrogen) atoms. The molecule has 1 amide bonds. The van der Waals surface area contributed by atoms with Crippen molar-refractivity contribution in [3.63, 3.8) is 0 Å². The van der Waals surface area contributed by atoms with Gasteiger partial charge in [0.15, 0.2) is 0 Å². The molecule has 6 nitrogen and oxygen atoms in total. The standard InChI is InChI=1S/C23H25N5O/c1-5-17-7-6-8-19(13-17)26-23-20-14-18(9-10-21(20)24-16-25-23)15-22(29)28(4)12-11-27(2)3/h1,6-10,13-14,16H,11-12,15H2,2-4H3,(H,24,25,26). The summed E-state index contributed by atoms with van der Waals surface area (Å²) in [5.74, 6) is 3.39. The van der Waals surface area contributed by atoms with Gasteiger partial charge in [-0.25, -0.2) is 9.97 Å². The van der Waals surface area contributed by atoms with Crippen LogP contribution in [0.1, 0.15) is 11.1 Å². The minimum Gasteiger partial charge on any atom is -0.344 e. The third-order valence-electron chi connectivity index (χ3n) is 4.66. The number of amides is 1. The first kappa shape index (κ1) is 20.3. The van der Waals surface area contributed by atoms with Crippen molar-refractivity contribution >= 4 is 28.3 Å². The minimum absolute atomic E-state index is 0.0827. The van der Waals surface area contributed by atoms with Crippen LogP contribution in [0.15, 0.2) is 48.8 Å². The van der Waals surface area contributed by atoms with Gasteiger partial charge in [0.2, 0.25) is 5.91 Å². The van der Waals surface area contributed by atoms with E-state index in [1.807, 2.05) is 63.6 Å². The van der Waals surface area contributed by atoms with Crippen LogP contribution >= 0.6 is 0 Å². The van der Waals surface area contributed by atoms with Gasteiger partial charge in [-0.05, 0) is 50.0 Å². The van der Waals surface area contributed by atoms with E-state index in [1.165, 1.54) is 6.33 Å². The van der Waals surface area contributed by atoms with Gasteiger partial charge in [0.1, 0.15) is 12.1 Å². The van der Waals surface area contributed by atoms with Crippen LogP contribution in [-0.4, -0.2) is 59.9 Å². The molecule has 148 valence electrons. The van der Waals surface area contributed by atoms with Crippen molar-refractivity contribution in [2.75, 3.05) is 39.5 Å². The second-order valence-electron chi connectivity index (χ2n) is 7.22. The van der Waals surface area contributed by atoms with Gasteiger partial charge in [-0.2, -0.15) is 0 Å². The number of carbonyl (C=O) groups excluding carboxylic acids is 1. The quantitative estimate of drug-likeness (QED) is 0.632. The van der Waals surface area contributed by atoms with Crippen molar-refractivity contribution in [2.24, 2.45) is 0 Å². The molecule has 3 rings (SSSR count). The first-order valence-corrected chi connectivity index (χ1v) is 9.42. The Balaban J connectivity index is 1.82. The lowest BCUT2D eigenvalue weighted by Gasteiger charge is -2.19. The second-order valence-corrected chi connectivity index (χ2v) is 7.22. The Kier molecular flexibility index (Phi) is 6.43. The first-order valence-electron chi connectivity index (χ1n) is 9.42. The number of rotatable bonds is 7. The zero-order valence-corrected chi connectivity index (χ0v) is 17.0. The van der Waals surface area contributed by atoms with E-state index in [9.17, 15) is 4.79 Å². The Morgan fingerprint density at radius 1 is 1.10 bits per heavy atom. The molecule has 0 aliphatic carbocycles. The molecule has 0 fully saturated rings. The highest BCUT2D eigenvalue weighted by Gasteiger charge is 2.12. The number of likely N-dealkylation sites (N-methyl/N-ethyl adjacent to an activating group) is 2. The van der Waals surface area contributed by atoms with Crippen LogP contribution in [0.3, 0.4) is 0 Å². The maximum absolute atomic E-state index is 12.5. The fourth-order valence-corrected chi connectivity index (χ4v) is 2.92. The molecule has 0 atom stereocenters. The van der Waals surface area contributed by atoms with Crippen LogP contribution < -0.4 is 5.32 Å². The average molecular weight is 387 g/mol. The van der Waals surface area contributed by atoms with Crippen molar-refractivity contribution in [1.82, 2.24) is 19.8 Å². The maximum Gasteiger partial charge on any atom is 0.226 e. The van der Waals surface area contributed by atoms with Gasteiger partial charge in [-0.3, -0.25) is 4.79 Å². The summed E-state index contributed by atoms with van der Waals surface area (Å²) in [6.45, 7) is 1.53. The fourth-order valence-electron chi connectivity index (χ4n) is 2.92. The number of carbonyl (C=O) groups is 1. The molecule has 0 bridgehead atoms. The molecule has 2 aromatic carbocycles. The Labute approximate surface area is 171 Å². The molecule has 6 heteroatoms. The zero-order chi connectivity index (χ0) is 20.8. The van der Waals surface area contributed by atoms with Crippen LogP contribution in [0.25, 0.3) is 10.9 Å². The van der Waals surface area contributed by atoms with E-state index >= 15 is 0 Å². The van der Waals surface area contributed by atoms with E-state index in [0.717, 1.165) is 34.3 Å². The highest BCUT2D eigenvalue weighted by atomic mass is 16.2. The number of nitrogens with one attached hydrogen (secondary N) is 1. The molecule has 0 spiro atoms. The van der Waals surface area contributed by atoms with E-state index in [-0.39, 0.29) is 5.91 Å². The topological polar surface area (TPSA) is 61.4 Å². The predicted octanol–water partition coefficient (Wildman–Crippen LogP) is 2.92. The Hall–Kier alpha value is -3.43. The van der Waals surface area contributed by atoms with Gasteiger partial charge in [0.25, 0.3) is 0 Å². The molecular weight excluding hydrogens is 362 g/mol. The molecule has 0 radical (unpaired) electrons. The molecule has 1 heterocycles. The fraction of sp³-hybridized carbons (Fsp3) is 0.261. The molecule has 0 saturated carbocycles. The highest BCUT2D eigenvalue weighted by molar-refractivity contribution is 5.92. The predicted molar refractivity (Wildman–Crippen MR) is 117 cm³/mol. The number of benzene rings is 2. The average Bonchev–Trinajstić information content (AvgIpc) is 2.72. The monoisotopic (exact) mass is 387 g/mol. The van der Waals surface area contributed by atoms with E-state index in [2.05, 4.69) is 26.1 Å². The SMILES string of the molecule is C#Cc1cccc(Nc2ncnc3ccc(CC(=O)N(C)CCN(C)C)cc23)c1. The summed E-state index contributed by atoms with van der Waals surface area (Å²) < 4.78 is 0. The van der Waals surface area contributed by atoms with Crippen LogP contribution in [0.4, 0.5) is 11.5 Å². The molecule has 1 aromatic heterocycles. The molecular formula is C23H25N5O. The molecule has 1 N–H and O–H groups in total. The Morgan fingerprint density at radius 3 is 2.69 bits per heavy atom. The van der Waals surface area contributed by atoms with E-state index in [1.54, 1.807) is 4.90 Å². The number of hydrogen-bond acceptors (Lipinski definition) is 5. The van der Waals surface area contributed by atoms with E-state index in [4.69, 9.17) is 6.42 Å². The van der Waals surface area contributed by atoms with Crippen molar-refractivity contribution < 1.29 is 4.79 Å². The minimum atomic E-state index is 0.0827. The van der Waals surface area contributed by atoms with Crippen LogP contribution in [0.2, 0.25) is 0 Å². The number of nitrogens with zero attached hydrogens (tertiary/aromatic N) is 4. The van der Waals surface area contributed by atoms with Crippen molar-refractivity contribution in [3.8, 4) is 12.3 Å². The van der Waals surface area contributed by atoms with Crippen molar-refractivity contribution in [3.05, 3.63) is 59.9 Å². The number of anilines is 2. The first-order chi connectivity index (χ1) is 14.0. The molecule has 0 aliphatic rings. The van der Waals surface area contributed by atoms with Gasteiger partial charge in [0, 0.05) is 36.8 Å². The Morgan fingerprint density at radius 2 is 1.93 bits per heavy atom. The van der Waals surface area contributed by atoms with E-state index < -0.39 is 0 Å². The summed E-state index contributed by atoms with van der Waals surface area (Å²) in [6, 6.07) is 13.4. The second kappa shape index (κ2) is 9.18. The summed E-state index contributed by atoms with van der Waals surface area (Å²) in [4.78, 5) is 25.1. The van der Waals surface area contributed by atoms with Crippen molar-refractivity contribution in [1.29, 1.82) is 0 Å². The van der Waals surface area contributed by atoms with Crippen LogP contribution in [-0.2, 0) is 11.2 Å². The Bertz CT molecular complexity index is 1050. The lowest BCUT2D eigenvalue weighted by molar-refractivity contribution is -0.129. The highest BCUT2D eigenvalue weighted by Crippen LogP contribution is 2.24. The van der Waals surface area contributed by atoms with Crippen LogP contribution in [0, 0.1) is 12.3 Å². The summed E-state index contributed by atoms with van der Waals surface area (Å²) in [5, 5.41) is 4.17. The maximum atomic E-state index is 12.5. The largest absolute Gasteiger partial charge is 0.344 e. The third kappa shape index (κ3) is 5.31. The number of aromatic nitrogens is 2. The van der Waals surface area contributed by atoms with Gasteiger partial charge in [0.05, 0.1) is 11.9 Å². The van der Waals surface area contributed by atoms with Gasteiger partial charge in [-0.1, -0.05) is 18.1 Å². The summed E-state index contributed by atoms with van der Waals surface area (Å²) >= 11 is 0. The lowest BCUT2D eigenvalue weighted by Crippen LogP contribution is -2.34. The summed E-state index contributed by atoms with van der Waals surface area (Å²) in [6.07, 6.45) is 7.35. The normalized spacial score (nSPS) is 10.7. The smallest absolute Gasteiger partial charge is 0.226 e. The molecule has 0 saturated heterocycles. The van der Waals surface area contributed by atoms with Gasteiger partial charge >= 0.3 is 0 Å². The number of terminal acetylenes is 1. The third-order valence-corrected chi connectivity index (χ3v) is 4.66. The van der Waals surface area contributed by atoms with Gasteiger partial charge < -0.3 is 15.1 Å². The zero-order valence-electron chi connectivity index (χ0n) is 17.0. The lowest BCUT2D eigenvalue weighted by atomic mass is 10.1. The number of hydrogen-bond donors (Lipinski definition) is 1.